The molecule has 0 aromatic heterocycles. The van der Waals surface area contributed by atoms with Gasteiger partial charge in [0, 0.05) is 29.1 Å². The van der Waals surface area contributed by atoms with Gasteiger partial charge in [-0.05, 0) is 37.1 Å². The maximum absolute atomic E-state index is 12.1. The summed E-state index contributed by atoms with van der Waals surface area (Å²) < 4.78 is 0. The standard InChI is InChI=1S/C15H20Cl2N2O/c1-10(14-12(16)5-2-6-13(14)17)8-19-15(20)11-4-3-7-18-9-11/h2,5-6,10-11,18H,3-4,7-9H2,1H3,(H,19,20). The molecule has 1 aromatic carbocycles. The lowest BCUT2D eigenvalue weighted by Crippen LogP contribution is -2.41. The van der Waals surface area contributed by atoms with E-state index in [0.717, 1.165) is 31.5 Å². The Hall–Kier alpha value is -0.770. The number of carbonyl (C=O) groups excluding carboxylic acids is 1. The third kappa shape index (κ3) is 3.87. The van der Waals surface area contributed by atoms with Gasteiger partial charge in [0.1, 0.15) is 0 Å². The van der Waals surface area contributed by atoms with Gasteiger partial charge < -0.3 is 10.6 Å². The molecule has 0 saturated carbocycles. The molecule has 2 atom stereocenters. The molecule has 2 N–H and O–H groups in total. The van der Waals surface area contributed by atoms with Crippen LogP contribution >= 0.6 is 23.2 Å². The third-order valence-corrected chi connectivity index (χ3v) is 4.40. The van der Waals surface area contributed by atoms with Crippen molar-refractivity contribution in [3.05, 3.63) is 33.8 Å². The zero-order valence-electron chi connectivity index (χ0n) is 11.6. The number of piperidine rings is 1. The molecule has 2 rings (SSSR count). The van der Waals surface area contributed by atoms with Gasteiger partial charge in [-0.1, -0.05) is 36.2 Å². The van der Waals surface area contributed by atoms with Crippen molar-refractivity contribution in [2.24, 2.45) is 5.92 Å². The Bertz CT molecular complexity index is 453. The highest BCUT2D eigenvalue weighted by Crippen LogP contribution is 2.31. The molecular weight excluding hydrogens is 295 g/mol. The van der Waals surface area contributed by atoms with Crippen molar-refractivity contribution in [3.8, 4) is 0 Å². The molecule has 3 nitrogen and oxygen atoms in total. The molecule has 20 heavy (non-hydrogen) atoms. The van der Waals surface area contributed by atoms with E-state index < -0.39 is 0 Å². The number of hydrogen-bond donors (Lipinski definition) is 2. The minimum atomic E-state index is 0.0812. The van der Waals surface area contributed by atoms with Gasteiger partial charge in [-0.25, -0.2) is 0 Å². The first-order chi connectivity index (χ1) is 9.59. The van der Waals surface area contributed by atoms with Gasteiger partial charge in [0.25, 0.3) is 0 Å². The second-order valence-corrected chi connectivity index (χ2v) is 6.14. The first-order valence-corrected chi connectivity index (χ1v) is 7.77. The molecular formula is C15H20Cl2N2O. The van der Waals surface area contributed by atoms with E-state index in [0.29, 0.717) is 16.6 Å². The van der Waals surface area contributed by atoms with E-state index in [1.807, 2.05) is 25.1 Å². The highest BCUT2D eigenvalue weighted by molar-refractivity contribution is 6.36. The van der Waals surface area contributed by atoms with E-state index in [1.54, 1.807) is 0 Å². The third-order valence-electron chi connectivity index (χ3n) is 3.74. The van der Waals surface area contributed by atoms with Crippen LogP contribution in [0.1, 0.15) is 31.2 Å². The molecule has 5 heteroatoms. The second-order valence-electron chi connectivity index (χ2n) is 5.32. The molecule has 1 aliphatic rings. The lowest BCUT2D eigenvalue weighted by molar-refractivity contribution is -0.125. The van der Waals surface area contributed by atoms with Gasteiger partial charge in [0.05, 0.1) is 5.92 Å². The van der Waals surface area contributed by atoms with E-state index in [-0.39, 0.29) is 17.7 Å². The van der Waals surface area contributed by atoms with Crippen LogP contribution < -0.4 is 10.6 Å². The van der Waals surface area contributed by atoms with Gasteiger partial charge in [0.15, 0.2) is 0 Å². The molecule has 110 valence electrons. The average molecular weight is 315 g/mol. The van der Waals surface area contributed by atoms with E-state index in [9.17, 15) is 4.79 Å². The van der Waals surface area contributed by atoms with Crippen molar-refractivity contribution in [2.45, 2.75) is 25.7 Å². The topological polar surface area (TPSA) is 41.1 Å². The van der Waals surface area contributed by atoms with Gasteiger partial charge in [-0.15, -0.1) is 0 Å². The Morgan fingerprint density at radius 3 is 2.75 bits per heavy atom. The molecule has 1 aliphatic heterocycles. The summed E-state index contributed by atoms with van der Waals surface area (Å²) in [6, 6.07) is 5.48. The minimum absolute atomic E-state index is 0.0812. The zero-order chi connectivity index (χ0) is 14.5. The summed E-state index contributed by atoms with van der Waals surface area (Å²) in [6.45, 7) is 4.35. The Balaban J connectivity index is 1.91. The Morgan fingerprint density at radius 1 is 1.45 bits per heavy atom. The summed E-state index contributed by atoms with van der Waals surface area (Å²) in [7, 11) is 0. The fourth-order valence-electron chi connectivity index (χ4n) is 2.56. The fraction of sp³-hybridized carbons (Fsp3) is 0.533. The Labute approximate surface area is 130 Å². The number of halogens is 2. The maximum atomic E-state index is 12.1. The van der Waals surface area contributed by atoms with Crippen LogP contribution in [0, 0.1) is 5.92 Å². The smallest absolute Gasteiger partial charge is 0.224 e. The van der Waals surface area contributed by atoms with Crippen LogP contribution in [0.25, 0.3) is 0 Å². The van der Waals surface area contributed by atoms with Gasteiger partial charge in [-0.2, -0.15) is 0 Å². The van der Waals surface area contributed by atoms with Crippen LogP contribution in [-0.4, -0.2) is 25.5 Å². The average Bonchev–Trinajstić information content (AvgIpc) is 2.45. The maximum Gasteiger partial charge on any atom is 0.224 e. The van der Waals surface area contributed by atoms with Crippen LogP contribution in [0.15, 0.2) is 18.2 Å². The molecule has 1 amide bonds. The summed E-state index contributed by atoms with van der Waals surface area (Å²) in [5, 5.41) is 7.56. The normalized spacial score (nSPS) is 20.4. The molecule has 0 radical (unpaired) electrons. The fourth-order valence-corrected chi connectivity index (χ4v) is 3.33. The highest BCUT2D eigenvalue weighted by atomic mass is 35.5. The summed E-state index contributed by atoms with van der Waals surface area (Å²) in [4.78, 5) is 12.1. The van der Waals surface area contributed by atoms with Crippen molar-refractivity contribution in [2.75, 3.05) is 19.6 Å². The van der Waals surface area contributed by atoms with Crippen LogP contribution in [0.4, 0.5) is 0 Å². The molecule has 1 heterocycles. The number of rotatable bonds is 4. The molecule has 0 bridgehead atoms. The van der Waals surface area contributed by atoms with Crippen molar-refractivity contribution >= 4 is 29.1 Å². The van der Waals surface area contributed by atoms with Crippen molar-refractivity contribution in [3.63, 3.8) is 0 Å². The number of benzene rings is 1. The number of amides is 1. The van der Waals surface area contributed by atoms with E-state index in [1.165, 1.54) is 0 Å². The predicted octanol–water partition coefficient (Wildman–Crippen LogP) is 3.21. The molecule has 1 aromatic rings. The summed E-state index contributed by atoms with van der Waals surface area (Å²) in [5.74, 6) is 0.293. The lowest BCUT2D eigenvalue weighted by Gasteiger charge is -2.23. The number of hydrogen-bond acceptors (Lipinski definition) is 2. The first kappa shape index (κ1) is 15.6. The van der Waals surface area contributed by atoms with Gasteiger partial charge in [-0.3, -0.25) is 4.79 Å². The molecule has 0 spiro atoms. The van der Waals surface area contributed by atoms with Crippen LogP contribution in [-0.2, 0) is 4.79 Å². The monoisotopic (exact) mass is 314 g/mol. The number of carbonyl (C=O) groups is 1. The summed E-state index contributed by atoms with van der Waals surface area (Å²) >= 11 is 12.4. The second kappa shape index (κ2) is 7.30. The highest BCUT2D eigenvalue weighted by Gasteiger charge is 2.22. The molecule has 0 aliphatic carbocycles. The SMILES string of the molecule is CC(CNC(=O)C1CCCNC1)c1c(Cl)cccc1Cl. The predicted molar refractivity (Wildman–Crippen MR) is 83.5 cm³/mol. The number of nitrogens with one attached hydrogen (secondary N) is 2. The van der Waals surface area contributed by atoms with Crippen molar-refractivity contribution < 1.29 is 4.79 Å². The van der Waals surface area contributed by atoms with E-state index >= 15 is 0 Å². The molecule has 1 saturated heterocycles. The van der Waals surface area contributed by atoms with E-state index in [2.05, 4.69) is 10.6 Å². The lowest BCUT2D eigenvalue weighted by atomic mass is 9.97. The summed E-state index contributed by atoms with van der Waals surface area (Å²) in [6.07, 6.45) is 2.02. The quantitative estimate of drug-likeness (QED) is 0.896. The largest absolute Gasteiger partial charge is 0.355 e. The van der Waals surface area contributed by atoms with Crippen LogP contribution in [0.3, 0.4) is 0 Å². The van der Waals surface area contributed by atoms with Crippen LogP contribution in [0.5, 0.6) is 0 Å². The Kier molecular flexibility index (Phi) is 5.70. The van der Waals surface area contributed by atoms with Crippen molar-refractivity contribution in [1.82, 2.24) is 10.6 Å². The Morgan fingerprint density at radius 2 is 2.15 bits per heavy atom. The van der Waals surface area contributed by atoms with Gasteiger partial charge in [0.2, 0.25) is 5.91 Å². The van der Waals surface area contributed by atoms with Crippen LogP contribution in [0.2, 0.25) is 10.0 Å². The summed E-state index contributed by atoms with van der Waals surface area (Å²) in [5.41, 5.74) is 0.901. The molecule has 2 unspecified atom stereocenters. The van der Waals surface area contributed by atoms with Gasteiger partial charge >= 0.3 is 0 Å². The van der Waals surface area contributed by atoms with Crippen molar-refractivity contribution in [1.29, 1.82) is 0 Å². The first-order valence-electron chi connectivity index (χ1n) is 7.02. The minimum Gasteiger partial charge on any atom is -0.355 e. The molecule has 1 fully saturated rings. The zero-order valence-corrected chi connectivity index (χ0v) is 13.1. The van der Waals surface area contributed by atoms with E-state index in [4.69, 9.17) is 23.2 Å².